The first-order valence-corrected chi connectivity index (χ1v) is 7.09. The number of likely N-dealkylation sites (tertiary alicyclic amines) is 1. The Hall–Kier alpha value is -1.58. The summed E-state index contributed by atoms with van der Waals surface area (Å²) in [6.07, 6.45) is 10.9. The average Bonchev–Trinajstić information content (AvgIpc) is 3.24. The first kappa shape index (κ1) is 13.8. The van der Waals surface area contributed by atoms with Gasteiger partial charge in [-0.25, -0.2) is 0 Å². The summed E-state index contributed by atoms with van der Waals surface area (Å²) in [4.78, 5) is 25.3. The summed E-state index contributed by atoms with van der Waals surface area (Å²) < 4.78 is 0. The highest BCUT2D eigenvalue weighted by molar-refractivity contribution is 5.88. The molecule has 1 saturated heterocycles. The molecule has 0 radical (unpaired) electrons. The van der Waals surface area contributed by atoms with Crippen molar-refractivity contribution in [1.82, 2.24) is 10.2 Å². The molecule has 0 aromatic rings. The Balaban J connectivity index is 1.72. The lowest BCUT2D eigenvalue weighted by molar-refractivity contribution is -0.127. The molecule has 0 aromatic heterocycles. The van der Waals surface area contributed by atoms with Gasteiger partial charge in [0.2, 0.25) is 11.8 Å². The van der Waals surface area contributed by atoms with Gasteiger partial charge in [-0.1, -0.05) is 18.2 Å². The molecule has 1 heterocycles. The van der Waals surface area contributed by atoms with Crippen molar-refractivity contribution in [2.24, 2.45) is 5.92 Å². The van der Waals surface area contributed by atoms with E-state index in [2.05, 4.69) is 5.32 Å². The second kappa shape index (κ2) is 6.55. The lowest BCUT2D eigenvalue weighted by Gasteiger charge is -2.31. The van der Waals surface area contributed by atoms with Gasteiger partial charge in [-0.2, -0.15) is 0 Å². The molecule has 2 aliphatic rings. The van der Waals surface area contributed by atoms with Crippen LogP contribution < -0.4 is 5.32 Å². The molecule has 0 bridgehead atoms. The predicted molar refractivity (Wildman–Crippen MR) is 74.4 cm³/mol. The van der Waals surface area contributed by atoms with Crippen molar-refractivity contribution >= 4 is 11.8 Å². The Kier molecular flexibility index (Phi) is 4.77. The minimum absolute atomic E-state index is 0.0602. The molecule has 0 atom stereocenters. The Bertz CT molecular complexity index is 389. The Morgan fingerprint density at radius 1 is 1.11 bits per heavy atom. The van der Waals surface area contributed by atoms with Crippen molar-refractivity contribution < 1.29 is 9.59 Å². The van der Waals surface area contributed by atoms with E-state index in [4.69, 9.17) is 0 Å². The number of carbonyl (C=O) groups excluding carboxylic acids is 2. The monoisotopic (exact) mass is 262 g/mol. The zero-order valence-electron chi connectivity index (χ0n) is 11.5. The molecule has 2 amide bonds. The Morgan fingerprint density at radius 2 is 1.79 bits per heavy atom. The van der Waals surface area contributed by atoms with Crippen LogP contribution >= 0.6 is 0 Å². The molecule has 1 saturated carbocycles. The maximum Gasteiger partial charge on any atom is 0.246 e. The molecule has 1 aliphatic carbocycles. The third kappa shape index (κ3) is 4.23. The number of rotatable bonds is 4. The van der Waals surface area contributed by atoms with Gasteiger partial charge in [-0.3, -0.25) is 9.59 Å². The average molecular weight is 262 g/mol. The van der Waals surface area contributed by atoms with E-state index in [0.29, 0.717) is 0 Å². The van der Waals surface area contributed by atoms with E-state index in [-0.39, 0.29) is 23.8 Å². The second-order valence-corrected chi connectivity index (χ2v) is 5.27. The van der Waals surface area contributed by atoms with Crippen molar-refractivity contribution in [3.63, 3.8) is 0 Å². The smallest absolute Gasteiger partial charge is 0.246 e. The van der Waals surface area contributed by atoms with Gasteiger partial charge in [0.05, 0.1) is 0 Å². The number of carbonyl (C=O) groups is 2. The fraction of sp³-hybridized carbons (Fsp3) is 0.600. The third-order valence-electron chi connectivity index (χ3n) is 3.64. The van der Waals surface area contributed by atoms with Crippen LogP contribution in [-0.2, 0) is 9.59 Å². The maximum atomic E-state index is 11.8. The molecule has 104 valence electrons. The molecule has 1 N–H and O–H groups in total. The quantitative estimate of drug-likeness (QED) is 0.618. The molecular weight excluding hydrogens is 240 g/mol. The largest absolute Gasteiger partial charge is 0.353 e. The fourth-order valence-corrected chi connectivity index (χ4v) is 2.26. The fourth-order valence-electron chi connectivity index (χ4n) is 2.26. The number of nitrogens with zero attached hydrogens (tertiary/aromatic N) is 1. The number of amides is 2. The van der Waals surface area contributed by atoms with E-state index in [1.807, 2.05) is 24.0 Å². The lowest BCUT2D eigenvalue weighted by atomic mass is 10.0. The van der Waals surface area contributed by atoms with Gasteiger partial charge < -0.3 is 10.2 Å². The van der Waals surface area contributed by atoms with Gasteiger partial charge >= 0.3 is 0 Å². The number of hydrogen-bond acceptors (Lipinski definition) is 2. The molecular formula is C15H22N2O2. The van der Waals surface area contributed by atoms with Gasteiger partial charge in [-0.15, -0.1) is 0 Å². The zero-order valence-corrected chi connectivity index (χ0v) is 11.5. The number of hydrogen-bond donors (Lipinski definition) is 1. The highest BCUT2D eigenvalue weighted by atomic mass is 16.2. The molecule has 0 spiro atoms. The van der Waals surface area contributed by atoms with E-state index in [1.165, 1.54) is 0 Å². The van der Waals surface area contributed by atoms with Gasteiger partial charge in [0.25, 0.3) is 0 Å². The summed E-state index contributed by atoms with van der Waals surface area (Å²) in [6.45, 7) is 3.38. The highest BCUT2D eigenvalue weighted by Crippen LogP contribution is 2.29. The van der Waals surface area contributed by atoms with E-state index in [9.17, 15) is 9.59 Å². The summed E-state index contributed by atoms with van der Waals surface area (Å²) >= 11 is 0. The summed E-state index contributed by atoms with van der Waals surface area (Å²) in [7, 11) is 0. The standard InChI is InChI=1S/C15H22N2O2/c1-2-3-4-5-14(18)17-10-8-13(9-11-17)16-15(19)12-6-7-12/h2-5,12-13H,6-11H2,1H3,(H,16,19). The predicted octanol–water partition coefficient (Wildman–Crippen LogP) is 1.64. The minimum atomic E-state index is 0.0602. The molecule has 1 aliphatic heterocycles. The molecule has 4 nitrogen and oxygen atoms in total. The second-order valence-electron chi connectivity index (χ2n) is 5.27. The van der Waals surface area contributed by atoms with Crippen LogP contribution in [0.4, 0.5) is 0 Å². The number of piperidine rings is 1. The normalized spacial score (nSPS) is 21.2. The van der Waals surface area contributed by atoms with Crippen molar-refractivity contribution in [2.45, 2.75) is 38.6 Å². The number of allylic oxidation sites excluding steroid dienone is 3. The van der Waals surface area contributed by atoms with Crippen LogP contribution in [0.5, 0.6) is 0 Å². The molecule has 2 rings (SSSR count). The molecule has 0 unspecified atom stereocenters. The topological polar surface area (TPSA) is 49.4 Å². The van der Waals surface area contributed by atoms with E-state index in [0.717, 1.165) is 38.8 Å². The van der Waals surface area contributed by atoms with Crippen LogP contribution in [0.15, 0.2) is 24.3 Å². The van der Waals surface area contributed by atoms with Crippen molar-refractivity contribution in [3.05, 3.63) is 24.3 Å². The zero-order chi connectivity index (χ0) is 13.7. The summed E-state index contributed by atoms with van der Waals surface area (Å²) in [5.74, 6) is 0.534. The van der Waals surface area contributed by atoms with E-state index >= 15 is 0 Å². The van der Waals surface area contributed by atoms with Crippen LogP contribution in [0.25, 0.3) is 0 Å². The van der Waals surface area contributed by atoms with Crippen LogP contribution in [0.1, 0.15) is 32.6 Å². The van der Waals surface area contributed by atoms with E-state index in [1.54, 1.807) is 12.2 Å². The van der Waals surface area contributed by atoms with Crippen molar-refractivity contribution in [1.29, 1.82) is 0 Å². The summed E-state index contributed by atoms with van der Waals surface area (Å²) in [5.41, 5.74) is 0. The van der Waals surface area contributed by atoms with E-state index < -0.39 is 0 Å². The molecule has 2 fully saturated rings. The Labute approximate surface area is 114 Å². The first-order chi connectivity index (χ1) is 9.20. The molecule has 0 aromatic carbocycles. The lowest BCUT2D eigenvalue weighted by Crippen LogP contribution is -2.46. The summed E-state index contributed by atoms with van der Waals surface area (Å²) in [6, 6.07) is 0.247. The Morgan fingerprint density at radius 3 is 2.37 bits per heavy atom. The summed E-state index contributed by atoms with van der Waals surface area (Å²) in [5, 5.41) is 3.09. The minimum Gasteiger partial charge on any atom is -0.353 e. The SMILES string of the molecule is CC=CC=CC(=O)N1CCC(NC(=O)C2CC2)CC1. The van der Waals surface area contributed by atoms with Crippen LogP contribution in [-0.4, -0.2) is 35.8 Å². The molecule has 4 heteroatoms. The van der Waals surface area contributed by atoms with Crippen molar-refractivity contribution in [2.75, 3.05) is 13.1 Å². The van der Waals surface area contributed by atoms with Gasteiger partial charge in [0.1, 0.15) is 0 Å². The van der Waals surface area contributed by atoms with Crippen molar-refractivity contribution in [3.8, 4) is 0 Å². The first-order valence-electron chi connectivity index (χ1n) is 7.09. The van der Waals surface area contributed by atoms with Crippen LogP contribution in [0.3, 0.4) is 0 Å². The number of nitrogens with one attached hydrogen (secondary N) is 1. The van der Waals surface area contributed by atoms with Gasteiger partial charge in [0, 0.05) is 31.1 Å². The third-order valence-corrected chi connectivity index (χ3v) is 3.64. The van der Waals surface area contributed by atoms with Gasteiger partial charge in [0.15, 0.2) is 0 Å². The maximum absolute atomic E-state index is 11.8. The van der Waals surface area contributed by atoms with Crippen LogP contribution in [0.2, 0.25) is 0 Å². The highest BCUT2D eigenvalue weighted by Gasteiger charge is 2.32. The van der Waals surface area contributed by atoms with Crippen LogP contribution in [0, 0.1) is 5.92 Å². The van der Waals surface area contributed by atoms with Gasteiger partial charge in [-0.05, 0) is 32.6 Å². The molecule has 19 heavy (non-hydrogen) atoms.